The smallest absolute Gasteiger partial charge is 0.435 e. The molecular formula is C24H27F3N6O3. The molecular weight excluding hydrogens is 477 g/mol. The van der Waals surface area contributed by atoms with E-state index in [9.17, 15) is 22.8 Å². The number of nitrogens with zero attached hydrogens (tertiary/aromatic N) is 4. The van der Waals surface area contributed by atoms with Crippen LogP contribution in [0.15, 0.2) is 59.5 Å². The zero-order chi connectivity index (χ0) is 26.3. The fourth-order valence-electron chi connectivity index (χ4n) is 4.02. The number of rotatable bonds is 8. The summed E-state index contributed by atoms with van der Waals surface area (Å²) < 4.78 is 41.0. The van der Waals surface area contributed by atoms with Gasteiger partial charge in [-0.3, -0.25) is 9.59 Å². The molecule has 1 amide bonds. The van der Waals surface area contributed by atoms with E-state index in [4.69, 9.17) is 10.8 Å². The van der Waals surface area contributed by atoms with Gasteiger partial charge in [0.2, 0.25) is 5.91 Å². The van der Waals surface area contributed by atoms with E-state index in [1.165, 1.54) is 18.3 Å². The minimum absolute atomic E-state index is 0.0515. The Morgan fingerprint density at radius 3 is 2.33 bits per heavy atom. The Bertz CT molecular complexity index is 1110. The van der Waals surface area contributed by atoms with Crippen molar-refractivity contribution < 1.29 is 27.9 Å². The standard InChI is InChI=1S/C24H27F3N6O3/c1-33(22(34)16-6-8-17(9-7-16)23(35)36)14-15-4-10-18(11-5-15)30-19(13-28)21(24(25,26)27)31-20-3-2-12-29-32-20/h2-5,10-13,16-17,30H,6-9,14,28H2,1H3,(H,35,36). The largest absolute Gasteiger partial charge is 0.481 e. The van der Waals surface area contributed by atoms with Gasteiger partial charge in [-0.05, 0) is 55.5 Å². The molecule has 0 unspecified atom stereocenters. The van der Waals surface area contributed by atoms with Crippen LogP contribution >= 0.6 is 0 Å². The van der Waals surface area contributed by atoms with E-state index in [-0.39, 0.29) is 17.6 Å². The van der Waals surface area contributed by atoms with Gasteiger partial charge in [-0.15, -0.1) is 5.10 Å². The molecule has 12 heteroatoms. The third-order valence-corrected chi connectivity index (χ3v) is 5.93. The van der Waals surface area contributed by atoms with Crippen molar-refractivity contribution in [3.8, 4) is 0 Å². The van der Waals surface area contributed by atoms with Crippen LogP contribution in [0.2, 0.25) is 0 Å². The van der Waals surface area contributed by atoms with Crippen molar-refractivity contribution >= 4 is 29.1 Å². The predicted molar refractivity (Wildman–Crippen MR) is 127 cm³/mol. The molecule has 1 aliphatic rings. The van der Waals surface area contributed by atoms with Crippen LogP contribution in [0.5, 0.6) is 0 Å². The first-order valence-electron chi connectivity index (χ1n) is 11.3. The molecule has 0 bridgehead atoms. The number of halogens is 3. The first-order chi connectivity index (χ1) is 17.1. The highest BCUT2D eigenvalue weighted by molar-refractivity contribution is 6.07. The summed E-state index contributed by atoms with van der Waals surface area (Å²) in [4.78, 5) is 29.0. The average Bonchev–Trinajstić information content (AvgIpc) is 2.86. The minimum atomic E-state index is -4.80. The molecule has 2 aromatic rings. The zero-order valence-electron chi connectivity index (χ0n) is 19.6. The molecule has 192 valence electrons. The van der Waals surface area contributed by atoms with E-state index in [1.54, 1.807) is 36.2 Å². The van der Waals surface area contributed by atoms with Crippen molar-refractivity contribution in [2.24, 2.45) is 22.6 Å². The summed E-state index contributed by atoms with van der Waals surface area (Å²) in [6.07, 6.45) is -0.664. The maximum atomic E-state index is 13.7. The van der Waals surface area contributed by atoms with Gasteiger partial charge in [0, 0.05) is 37.6 Å². The van der Waals surface area contributed by atoms with Gasteiger partial charge < -0.3 is 21.1 Å². The number of aliphatic carboxylic acids is 1. The lowest BCUT2D eigenvalue weighted by atomic mass is 9.81. The zero-order valence-corrected chi connectivity index (χ0v) is 19.6. The van der Waals surface area contributed by atoms with Crippen molar-refractivity contribution in [1.82, 2.24) is 15.1 Å². The first-order valence-corrected chi connectivity index (χ1v) is 11.3. The van der Waals surface area contributed by atoms with Crippen LogP contribution in [0.25, 0.3) is 0 Å². The van der Waals surface area contributed by atoms with Gasteiger partial charge in [0.1, 0.15) is 0 Å². The first kappa shape index (κ1) is 26.6. The SMILES string of the molecule is CN(Cc1ccc(NC(=CN)C(=Nc2cccnn2)C(F)(F)F)cc1)C(=O)C1CCC(C(=O)O)CC1. The minimum Gasteiger partial charge on any atom is -0.481 e. The number of carboxylic acid groups (broad SMARTS) is 1. The van der Waals surface area contributed by atoms with Crippen molar-refractivity contribution in [2.75, 3.05) is 12.4 Å². The Balaban J connectivity index is 1.64. The molecule has 0 aliphatic heterocycles. The number of carbonyl (C=O) groups is 2. The molecule has 1 aromatic heterocycles. The Hall–Kier alpha value is -3.96. The summed E-state index contributed by atoms with van der Waals surface area (Å²) in [7, 11) is 1.67. The number of amides is 1. The van der Waals surface area contributed by atoms with Crippen LogP contribution in [0.4, 0.5) is 24.7 Å². The third kappa shape index (κ3) is 7.03. The maximum absolute atomic E-state index is 13.7. The van der Waals surface area contributed by atoms with Gasteiger partial charge in [-0.1, -0.05) is 12.1 Å². The van der Waals surface area contributed by atoms with Gasteiger partial charge in [0.25, 0.3) is 0 Å². The molecule has 0 radical (unpaired) electrons. The third-order valence-electron chi connectivity index (χ3n) is 5.93. The van der Waals surface area contributed by atoms with Crippen LogP contribution in [0.3, 0.4) is 0 Å². The van der Waals surface area contributed by atoms with Crippen LogP contribution < -0.4 is 11.1 Å². The number of aromatic nitrogens is 2. The topological polar surface area (TPSA) is 134 Å². The van der Waals surface area contributed by atoms with E-state index >= 15 is 0 Å². The lowest BCUT2D eigenvalue weighted by Gasteiger charge is -2.29. The lowest BCUT2D eigenvalue weighted by Crippen LogP contribution is -2.35. The van der Waals surface area contributed by atoms with Gasteiger partial charge >= 0.3 is 12.1 Å². The number of carbonyl (C=O) groups excluding carboxylic acids is 1. The highest BCUT2D eigenvalue weighted by Gasteiger charge is 2.39. The van der Waals surface area contributed by atoms with Gasteiger partial charge in [0.05, 0.1) is 11.6 Å². The summed E-state index contributed by atoms with van der Waals surface area (Å²) in [5.41, 5.74) is 4.89. The van der Waals surface area contributed by atoms with Crippen LogP contribution in [-0.4, -0.2) is 51.0 Å². The normalized spacial score (nSPS) is 19.0. The second-order valence-corrected chi connectivity index (χ2v) is 8.52. The average molecular weight is 505 g/mol. The van der Waals surface area contributed by atoms with Crippen molar-refractivity contribution in [2.45, 2.75) is 38.4 Å². The van der Waals surface area contributed by atoms with Crippen molar-refractivity contribution in [3.63, 3.8) is 0 Å². The Morgan fingerprint density at radius 1 is 1.17 bits per heavy atom. The fraction of sp³-hybridized carbons (Fsp3) is 0.375. The van der Waals surface area contributed by atoms with Crippen molar-refractivity contribution in [3.05, 3.63) is 60.1 Å². The number of allylic oxidation sites excluding steroid dienone is 1. The summed E-state index contributed by atoms with van der Waals surface area (Å²) in [6, 6.07) is 9.23. The summed E-state index contributed by atoms with van der Waals surface area (Å²) >= 11 is 0. The number of hydrogen-bond acceptors (Lipinski definition) is 7. The van der Waals surface area contributed by atoms with Crippen molar-refractivity contribution in [1.29, 1.82) is 0 Å². The Kier molecular flexibility index (Phi) is 8.62. The van der Waals surface area contributed by atoms with Gasteiger partial charge in [-0.2, -0.15) is 18.3 Å². The monoisotopic (exact) mass is 504 g/mol. The summed E-state index contributed by atoms with van der Waals surface area (Å²) in [5, 5.41) is 18.8. The Labute approximate surface area is 205 Å². The maximum Gasteiger partial charge on any atom is 0.435 e. The number of nitrogens with one attached hydrogen (secondary N) is 1. The van der Waals surface area contributed by atoms with Crippen LogP contribution in [0.1, 0.15) is 31.2 Å². The molecule has 9 nitrogen and oxygen atoms in total. The molecule has 1 heterocycles. The predicted octanol–water partition coefficient (Wildman–Crippen LogP) is 3.87. The summed E-state index contributed by atoms with van der Waals surface area (Å²) in [6.45, 7) is 0.305. The molecule has 0 saturated heterocycles. The van der Waals surface area contributed by atoms with E-state index in [0.29, 0.717) is 37.9 Å². The highest BCUT2D eigenvalue weighted by atomic mass is 19.4. The number of anilines is 1. The number of carboxylic acids is 1. The quantitative estimate of drug-likeness (QED) is 0.465. The number of hydrogen-bond donors (Lipinski definition) is 3. The Morgan fingerprint density at radius 2 is 1.81 bits per heavy atom. The molecule has 0 atom stereocenters. The molecule has 1 aliphatic carbocycles. The molecule has 1 saturated carbocycles. The highest BCUT2D eigenvalue weighted by Crippen LogP contribution is 2.30. The number of aliphatic imine (C=N–C) groups is 1. The molecule has 4 N–H and O–H groups in total. The summed E-state index contributed by atoms with van der Waals surface area (Å²) in [5.74, 6) is -1.69. The number of alkyl halides is 3. The molecule has 1 fully saturated rings. The number of nitrogens with two attached hydrogens (primary N) is 1. The molecule has 0 spiro atoms. The molecule has 3 rings (SSSR count). The molecule has 1 aromatic carbocycles. The van der Waals surface area contributed by atoms with E-state index in [2.05, 4.69) is 20.5 Å². The van der Waals surface area contributed by atoms with E-state index in [0.717, 1.165) is 11.8 Å². The van der Waals surface area contributed by atoms with Crippen LogP contribution in [-0.2, 0) is 16.1 Å². The van der Waals surface area contributed by atoms with E-state index in [1.807, 2.05) is 0 Å². The van der Waals surface area contributed by atoms with Gasteiger partial charge in [-0.25, -0.2) is 4.99 Å². The van der Waals surface area contributed by atoms with E-state index < -0.39 is 29.5 Å². The second-order valence-electron chi connectivity index (χ2n) is 8.52. The van der Waals surface area contributed by atoms with Crippen LogP contribution in [0, 0.1) is 11.8 Å². The lowest BCUT2D eigenvalue weighted by molar-refractivity contribution is -0.145. The fourth-order valence-corrected chi connectivity index (χ4v) is 4.02. The second kappa shape index (κ2) is 11.6. The number of benzene rings is 1. The molecule has 36 heavy (non-hydrogen) atoms. The van der Waals surface area contributed by atoms with Gasteiger partial charge in [0.15, 0.2) is 11.5 Å².